The number of hydrogen-bond donors (Lipinski definition) is 0. The van der Waals surface area contributed by atoms with Crippen molar-refractivity contribution in [3.05, 3.63) is 32.4 Å². The average Bonchev–Trinajstić information content (AvgIpc) is 2.17. The molecular formula is C13H16BF3ISi-. The molecule has 0 aliphatic heterocycles. The minimum Gasteiger partial charge on any atom is -0.449 e. The number of rotatable bonds is 2. The minimum atomic E-state index is -4.81. The summed E-state index contributed by atoms with van der Waals surface area (Å²) in [6, 6.07) is 3.46. The number of benzene rings is 1. The van der Waals surface area contributed by atoms with Crippen molar-refractivity contribution in [3.63, 3.8) is 0 Å². The van der Waals surface area contributed by atoms with Crippen LogP contribution >= 0.6 is 22.6 Å². The zero-order valence-corrected chi connectivity index (χ0v) is 14.6. The first-order valence-corrected chi connectivity index (χ1v) is 10.6. The van der Waals surface area contributed by atoms with Crippen LogP contribution in [0.5, 0.6) is 0 Å². The summed E-state index contributed by atoms with van der Waals surface area (Å²) >= 11 is 2.04. The van der Waals surface area contributed by atoms with E-state index in [4.69, 9.17) is 0 Å². The molecule has 1 aromatic rings. The van der Waals surface area contributed by atoms with Crippen molar-refractivity contribution >= 4 is 37.6 Å². The summed E-state index contributed by atoms with van der Waals surface area (Å²) in [5, 5.41) is 0. The van der Waals surface area contributed by atoms with Gasteiger partial charge >= 0.3 is 6.98 Å². The molecule has 0 aromatic heterocycles. The van der Waals surface area contributed by atoms with Crippen molar-refractivity contribution in [2.75, 3.05) is 0 Å². The van der Waals surface area contributed by atoms with Crippen LogP contribution in [0.1, 0.15) is 16.7 Å². The minimum absolute atomic E-state index is 0.347. The zero-order valence-electron chi connectivity index (χ0n) is 11.5. The molecule has 0 saturated heterocycles. The second-order valence-electron chi connectivity index (χ2n) is 5.65. The molecular weight excluding hydrogens is 379 g/mol. The number of hydrogen-bond acceptors (Lipinski definition) is 0. The van der Waals surface area contributed by atoms with Crippen LogP contribution in [0.2, 0.25) is 19.6 Å². The van der Waals surface area contributed by atoms with Crippen molar-refractivity contribution in [1.29, 1.82) is 0 Å². The van der Waals surface area contributed by atoms with Gasteiger partial charge in [-0.3, -0.25) is 0 Å². The van der Waals surface area contributed by atoms with Gasteiger partial charge < -0.3 is 12.9 Å². The molecule has 1 rings (SSSR count). The first-order chi connectivity index (χ1) is 8.48. The van der Waals surface area contributed by atoms with Gasteiger partial charge in [0.15, 0.2) is 0 Å². The highest BCUT2D eigenvalue weighted by Gasteiger charge is 2.24. The Morgan fingerprint density at radius 2 is 1.79 bits per heavy atom. The average molecular weight is 395 g/mol. The summed E-state index contributed by atoms with van der Waals surface area (Å²) in [6.45, 7) is 3.26. The van der Waals surface area contributed by atoms with E-state index in [1.807, 2.05) is 28.7 Å². The van der Waals surface area contributed by atoms with Gasteiger partial charge in [0.05, 0.1) is 0 Å². The molecule has 0 fully saturated rings. The number of halogens is 4. The molecule has 6 heteroatoms. The molecule has 0 spiro atoms. The Kier molecular flexibility index (Phi) is 5.18. The molecule has 0 radical (unpaired) electrons. The van der Waals surface area contributed by atoms with Crippen LogP contribution in [0, 0.1) is 22.0 Å². The monoisotopic (exact) mass is 395 g/mol. The molecule has 0 unspecified atom stereocenters. The second kappa shape index (κ2) is 5.92. The molecule has 0 N–H and O–H groups in total. The van der Waals surface area contributed by atoms with E-state index in [0.717, 1.165) is 9.13 Å². The lowest BCUT2D eigenvalue weighted by atomic mass is 9.79. The molecule has 1 aromatic carbocycles. The summed E-state index contributed by atoms with van der Waals surface area (Å²) < 4.78 is 38.6. The predicted molar refractivity (Wildman–Crippen MR) is 86.9 cm³/mol. The Labute approximate surface area is 127 Å². The van der Waals surface area contributed by atoms with Crippen molar-refractivity contribution in [2.24, 2.45) is 0 Å². The highest BCUT2D eigenvalue weighted by molar-refractivity contribution is 14.1. The normalized spacial score (nSPS) is 12.0. The van der Waals surface area contributed by atoms with Gasteiger partial charge in [-0.15, -0.1) is 5.54 Å². The molecule has 19 heavy (non-hydrogen) atoms. The third kappa shape index (κ3) is 6.04. The molecule has 0 heterocycles. The van der Waals surface area contributed by atoms with Crippen molar-refractivity contribution in [2.45, 2.75) is 32.9 Å². The smallest absolute Gasteiger partial charge is 0.449 e. The predicted octanol–water partition coefficient (Wildman–Crippen LogP) is 4.76. The van der Waals surface area contributed by atoms with Gasteiger partial charge in [0, 0.05) is 9.13 Å². The Hall–Kier alpha value is -0.418. The van der Waals surface area contributed by atoms with Crippen LogP contribution in [0.4, 0.5) is 12.9 Å². The summed E-state index contributed by atoms with van der Waals surface area (Å²) in [7, 11) is -1.53. The second-order valence-corrected chi connectivity index (χ2v) is 11.6. The Morgan fingerprint density at radius 3 is 2.26 bits per heavy atom. The first-order valence-electron chi connectivity index (χ1n) is 6.01. The van der Waals surface area contributed by atoms with E-state index in [2.05, 4.69) is 31.1 Å². The van der Waals surface area contributed by atoms with Crippen LogP contribution in [0.15, 0.2) is 12.1 Å². The zero-order chi connectivity index (χ0) is 14.8. The Bertz CT molecular complexity index is 536. The maximum Gasteiger partial charge on any atom is 0.482 e. The maximum atomic E-state index is 12.6. The lowest BCUT2D eigenvalue weighted by Gasteiger charge is -2.17. The van der Waals surface area contributed by atoms with Crippen molar-refractivity contribution < 1.29 is 12.9 Å². The van der Waals surface area contributed by atoms with Crippen molar-refractivity contribution in [1.82, 2.24) is 0 Å². The van der Waals surface area contributed by atoms with Gasteiger partial charge in [0.1, 0.15) is 8.07 Å². The topological polar surface area (TPSA) is 0 Å². The molecule has 0 aliphatic carbocycles. The van der Waals surface area contributed by atoms with Gasteiger partial charge in [-0.05, 0) is 47.2 Å². The fourth-order valence-corrected chi connectivity index (χ4v) is 2.78. The summed E-state index contributed by atoms with van der Waals surface area (Å²) in [6.07, 6.45) is -0.829. The van der Waals surface area contributed by atoms with Gasteiger partial charge in [-0.25, -0.2) is 0 Å². The fraction of sp³-hybridized carbons (Fsp3) is 0.385. The SMILES string of the molecule is Cc1c(C#C[Si](C)(C)C)cc(I)cc1C[B-](F)(F)F. The van der Waals surface area contributed by atoms with Crippen LogP contribution in [-0.2, 0) is 6.32 Å². The standard InChI is InChI=1S/C13H16BF3ISi/c1-10-11(5-6-19(2,3)4)7-13(18)8-12(10)9-14(15,16)17/h7-8H,9H2,1-4H3/q-1. The van der Waals surface area contributed by atoms with E-state index < -0.39 is 21.4 Å². The molecule has 0 atom stereocenters. The molecule has 0 aliphatic rings. The molecule has 104 valence electrons. The highest BCUT2D eigenvalue weighted by atomic mass is 127. The van der Waals surface area contributed by atoms with Gasteiger partial charge in [0.25, 0.3) is 0 Å². The summed E-state index contributed by atoms with van der Waals surface area (Å²) in [5.41, 5.74) is 4.94. The third-order valence-corrected chi connectivity index (χ3v) is 4.00. The molecule has 0 amide bonds. The molecule has 0 nitrogen and oxygen atoms in total. The first kappa shape index (κ1) is 16.6. The third-order valence-electron chi connectivity index (χ3n) is 2.50. The van der Waals surface area contributed by atoms with E-state index >= 15 is 0 Å². The molecule has 0 bridgehead atoms. The van der Waals surface area contributed by atoms with Gasteiger partial charge in [-0.1, -0.05) is 37.4 Å². The van der Waals surface area contributed by atoms with Crippen LogP contribution < -0.4 is 0 Å². The summed E-state index contributed by atoms with van der Waals surface area (Å²) in [5.74, 6) is 3.07. The highest BCUT2D eigenvalue weighted by Crippen LogP contribution is 2.23. The maximum absolute atomic E-state index is 12.6. The quantitative estimate of drug-likeness (QED) is 0.385. The molecule has 0 saturated carbocycles. The summed E-state index contributed by atoms with van der Waals surface area (Å²) in [4.78, 5) is 0. The van der Waals surface area contributed by atoms with Gasteiger partial charge in [0.2, 0.25) is 0 Å². The van der Waals surface area contributed by atoms with Gasteiger partial charge in [-0.2, -0.15) is 0 Å². The van der Waals surface area contributed by atoms with Crippen LogP contribution in [-0.4, -0.2) is 15.1 Å². The van der Waals surface area contributed by atoms with E-state index in [0.29, 0.717) is 11.1 Å². The lowest BCUT2D eigenvalue weighted by Crippen LogP contribution is -2.20. The van der Waals surface area contributed by atoms with E-state index in [1.54, 1.807) is 13.0 Å². The lowest BCUT2D eigenvalue weighted by molar-refractivity contribution is 0.468. The van der Waals surface area contributed by atoms with Crippen molar-refractivity contribution in [3.8, 4) is 11.5 Å². The Balaban J connectivity index is 3.24. The van der Waals surface area contributed by atoms with Crippen LogP contribution in [0.25, 0.3) is 0 Å². The Morgan fingerprint density at radius 1 is 1.21 bits per heavy atom. The van der Waals surface area contributed by atoms with E-state index in [-0.39, 0.29) is 0 Å². The van der Waals surface area contributed by atoms with E-state index in [1.165, 1.54) is 0 Å². The van der Waals surface area contributed by atoms with Crippen LogP contribution in [0.3, 0.4) is 0 Å². The van der Waals surface area contributed by atoms with E-state index in [9.17, 15) is 12.9 Å². The largest absolute Gasteiger partial charge is 0.482 e. The fourth-order valence-electron chi connectivity index (χ4n) is 1.58.